The maximum Gasteiger partial charge on any atom is 0.0979 e. The Kier molecular flexibility index (Phi) is 7.18. The fraction of sp³-hybridized carbons (Fsp3) is 0.0545. The van der Waals surface area contributed by atoms with E-state index in [2.05, 4.69) is 190 Å². The van der Waals surface area contributed by atoms with Gasteiger partial charge in [0.1, 0.15) is 0 Å². The van der Waals surface area contributed by atoms with Crippen molar-refractivity contribution < 1.29 is 0 Å². The topological polar surface area (TPSA) is 25.8 Å². The van der Waals surface area contributed by atoms with E-state index in [1.807, 2.05) is 17.5 Å². The van der Waals surface area contributed by atoms with Gasteiger partial charge in [-0.05, 0) is 103 Å². The first-order valence-corrected chi connectivity index (χ1v) is 20.8. The molecular weight excluding hydrogens is 721 g/mol. The standard InChI is InChI=1S/C55H36N2S/c1-55(2)48-30-38(22-25-42(48)43-26-23-39(31-49(43)55)37-24-27-52-47(29-37)44-14-7-8-17-51(44)58-52)36-11-9-10-35(28-36)33-18-20-34(21-19-33)50-32-56-53-45-15-5-3-12-40(45)41-13-4-6-16-46(41)54(53)57-50/h3-32H,1-2H3. The number of hydrogen-bond donors (Lipinski definition) is 0. The minimum atomic E-state index is -0.131. The smallest absolute Gasteiger partial charge is 0.0979 e. The van der Waals surface area contributed by atoms with Crippen molar-refractivity contribution >= 4 is 64.1 Å². The van der Waals surface area contributed by atoms with E-state index in [0.29, 0.717) is 0 Å². The number of rotatable bonds is 4. The maximum absolute atomic E-state index is 5.21. The van der Waals surface area contributed by atoms with E-state index in [-0.39, 0.29) is 5.41 Å². The number of benzene rings is 9. The third-order valence-electron chi connectivity index (χ3n) is 12.5. The van der Waals surface area contributed by atoms with Crippen LogP contribution in [0.3, 0.4) is 0 Å². The van der Waals surface area contributed by atoms with Gasteiger partial charge < -0.3 is 0 Å². The van der Waals surface area contributed by atoms with E-state index in [0.717, 1.165) is 33.1 Å². The number of nitrogens with zero attached hydrogens (tertiary/aromatic N) is 2. The second kappa shape index (κ2) is 12.5. The Labute approximate surface area is 340 Å². The van der Waals surface area contributed by atoms with Crippen molar-refractivity contribution in [3.8, 4) is 55.8 Å². The Morgan fingerprint density at radius 1 is 0.379 bits per heavy atom. The summed E-state index contributed by atoms with van der Waals surface area (Å²) in [6, 6.07) is 64.5. The second-order valence-corrected chi connectivity index (χ2v) is 17.2. The summed E-state index contributed by atoms with van der Waals surface area (Å²) in [6.45, 7) is 4.76. The van der Waals surface area contributed by atoms with Crippen LogP contribution >= 0.6 is 11.3 Å². The molecule has 1 aliphatic rings. The van der Waals surface area contributed by atoms with Gasteiger partial charge in [0.2, 0.25) is 0 Å². The molecular formula is C55H36N2S. The first kappa shape index (κ1) is 33.2. The molecule has 0 amide bonds. The zero-order valence-corrected chi connectivity index (χ0v) is 32.9. The van der Waals surface area contributed by atoms with E-state index >= 15 is 0 Å². The molecule has 2 nitrogen and oxygen atoms in total. The summed E-state index contributed by atoms with van der Waals surface area (Å²) < 4.78 is 2.68. The molecule has 3 heteroatoms. The van der Waals surface area contributed by atoms with Gasteiger partial charge in [-0.1, -0.05) is 153 Å². The molecule has 0 atom stereocenters. The van der Waals surface area contributed by atoms with Crippen molar-refractivity contribution in [3.05, 3.63) is 193 Å². The number of hydrogen-bond acceptors (Lipinski definition) is 3. The van der Waals surface area contributed by atoms with Crippen LogP contribution in [0.2, 0.25) is 0 Å². The van der Waals surface area contributed by atoms with Gasteiger partial charge in [-0.15, -0.1) is 11.3 Å². The first-order valence-electron chi connectivity index (χ1n) is 20.0. The molecule has 0 spiro atoms. The Morgan fingerprint density at radius 3 is 1.57 bits per heavy atom. The van der Waals surface area contributed by atoms with E-state index < -0.39 is 0 Å². The summed E-state index contributed by atoms with van der Waals surface area (Å²) in [5.74, 6) is 0. The average molecular weight is 757 g/mol. The molecule has 0 aliphatic heterocycles. The van der Waals surface area contributed by atoms with Gasteiger partial charge in [-0.2, -0.15) is 0 Å². The molecule has 0 saturated heterocycles. The highest BCUT2D eigenvalue weighted by Gasteiger charge is 2.36. The van der Waals surface area contributed by atoms with Crippen molar-refractivity contribution in [2.45, 2.75) is 19.3 Å². The molecule has 0 unspecified atom stereocenters. The highest BCUT2D eigenvalue weighted by molar-refractivity contribution is 7.25. The molecule has 9 aromatic carbocycles. The molecule has 0 N–H and O–H groups in total. The van der Waals surface area contributed by atoms with Gasteiger partial charge in [0.25, 0.3) is 0 Å². The Morgan fingerprint density at radius 2 is 0.879 bits per heavy atom. The largest absolute Gasteiger partial charge is 0.252 e. The summed E-state index contributed by atoms with van der Waals surface area (Å²) in [7, 11) is 0. The molecule has 11 aromatic rings. The third-order valence-corrected chi connectivity index (χ3v) is 13.7. The Balaban J connectivity index is 0.854. The summed E-state index contributed by atoms with van der Waals surface area (Å²) >= 11 is 1.87. The van der Waals surface area contributed by atoms with Crippen molar-refractivity contribution in [1.29, 1.82) is 0 Å². The maximum atomic E-state index is 5.21. The lowest BCUT2D eigenvalue weighted by Crippen LogP contribution is -2.15. The van der Waals surface area contributed by atoms with E-state index in [4.69, 9.17) is 9.97 Å². The van der Waals surface area contributed by atoms with Crippen LogP contribution in [-0.2, 0) is 5.41 Å². The first-order chi connectivity index (χ1) is 28.5. The lowest BCUT2D eigenvalue weighted by molar-refractivity contribution is 0.661. The van der Waals surface area contributed by atoms with Gasteiger partial charge in [-0.3, -0.25) is 4.98 Å². The minimum absolute atomic E-state index is 0.131. The van der Waals surface area contributed by atoms with Gasteiger partial charge in [-0.25, -0.2) is 4.98 Å². The molecule has 12 rings (SSSR count). The van der Waals surface area contributed by atoms with Crippen LogP contribution in [0.15, 0.2) is 182 Å². The fourth-order valence-corrected chi connectivity index (χ4v) is 10.6. The van der Waals surface area contributed by atoms with Gasteiger partial charge in [0.05, 0.1) is 22.9 Å². The van der Waals surface area contributed by atoms with Crippen LogP contribution in [0.5, 0.6) is 0 Å². The Hall–Kier alpha value is -6.94. The molecule has 2 heterocycles. The van der Waals surface area contributed by atoms with Crippen LogP contribution in [0.25, 0.3) is 109 Å². The predicted molar refractivity (Wildman–Crippen MR) is 247 cm³/mol. The second-order valence-electron chi connectivity index (χ2n) is 16.2. The molecule has 58 heavy (non-hydrogen) atoms. The SMILES string of the molecule is CC1(C)c2cc(-c3cccc(-c4ccc(-c5cnc6c7ccccc7c7ccccc7c6n5)cc4)c3)ccc2-c2ccc(-c3ccc4sc5ccccc5c4c3)cc21. The van der Waals surface area contributed by atoms with Crippen molar-refractivity contribution in [1.82, 2.24) is 9.97 Å². The van der Waals surface area contributed by atoms with E-state index in [9.17, 15) is 0 Å². The third kappa shape index (κ3) is 5.03. The molecule has 2 aromatic heterocycles. The van der Waals surface area contributed by atoms with Crippen molar-refractivity contribution in [3.63, 3.8) is 0 Å². The van der Waals surface area contributed by atoms with E-state index in [1.54, 1.807) is 0 Å². The highest BCUT2D eigenvalue weighted by Crippen LogP contribution is 2.51. The molecule has 1 aliphatic carbocycles. The van der Waals surface area contributed by atoms with Crippen LogP contribution in [-0.4, -0.2) is 9.97 Å². The summed E-state index contributed by atoms with van der Waals surface area (Å²) in [6.07, 6.45) is 1.92. The molecule has 0 fully saturated rings. The van der Waals surface area contributed by atoms with Gasteiger partial charge in [0.15, 0.2) is 0 Å². The molecule has 0 radical (unpaired) electrons. The zero-order chi connectivity index (χ0) is 38.5. The quantitative estimate of drug-likeness (QED) is 0.167. The number of thiophene rings is 1. The number of aromatic nitrogens is 2. The summed E-state index contributed by atoms with van der Waals surface area (Å²) in [5.41, 5.74) is 16.5. The monoisotopic (exact) mass is 756 g/mol. The average Bonchev–Trinajstić information content (AvgIpc) is 3.77. The fourth-order valence-electron chi connectivity index (χ4n) is 9.48. The summed E-state index contributed by atoms with van der Waals surface area (Å²) in [5, 5.41) is 7.35. The highest BCUT2D eigenvalue weighted by atomic mass is 32.1. The van der Waals surface area contributed by atoms with Crippen molar-refractivity contribution in [2.75, 3.05) is 0 Å². The van der Waals surface area contributed by atoms with E-state index in [1.165, 1.54) is 86.6 Å². The molecule has 0 saturated carbocycles. The lowest BCUT2D eigenvalue weighted by Gasteiger charge is -2.22. The normalized spacial score (nSPS) is 13.1. The number of fused-ring (bicyclic) bond motifs is 12. The predicted octanol–water partition coefficient (Wildman–Crippen LogP) is 15.3. The summed E-state index contributed by atoms with van der Waals surface area (Å²) in [4.78, 5) is 10.2. The minimum Gasteiger partial charge on any atom is -0.252 e. The molecule has 272 valence electrons. The zero-order valence-electron chi connectivity index (χ0n) is 32.1. The van der Waals surface area contributed by atoms with Crippen LogP contribution in [0.4, 0.5) is 0 Å². The van der Waals surface area contributed by atoms with Crippen LogP contribution < -0.4 is 0 Å². The molecule has 0 bridgehead atoms. The van der Waals surface area contributed by atoms with Gasteiger partial charge >= 0.3 is 0 Å². The van der Waals surface area contributed by atoms with Crippen LogP contribution in [0.1, 0.15) is 25.0 Å². The lowest BCUT2D eigenvalue weighted by atomic mass is 9.80. The van der Waals surface area contributed by atoms with Crippen LogP contribution in [0, 0.1) is 0 Å². The Bertz CT molecular complexity index is 3450. The van der Waals surface area contributed by atoms with Gasteiger partial charge in [0, 0.05) is 41.9 Å². The van der Waals surface area contributed by atoms with Crippen molar-refractivity contribution in [2.24, 2.45) is 0 Å².